The molecule has 2 rings (SSSR count). The number of rotatable bonds is 3. The lowest BCUT2D eigenvalue weighted by atomic mass is 9.74. The van der Waals surface area contributed by atoms with E-state index in [2.05, 4.69) is 5.32 Å². The molecule has 2 amide bonds. The predicted molar refractivity (Wildman–Crippen MR) is 87.1 cm³/mol. The molecule has 2 atom stereocenters. The summed E-state index contributed by atoms with van der Waals surface area (Å²) in [7, 11) is 0. The van der Waals surface area contributed by atoms with Crippen molar-refractivity contribution < 1.29 is 9.59 Å². The highest BCUT2D eigenvalue weighted by molar-refractivity contribution is 5.81. The summed E-state index contributed by atoms with van der Waals surface area (Å²) in [5.74, 6) is 0.299. The van der Waals surface area contributed by atoms with Crippen LogP contribution < -0.4 is 11.1 Å². The Bertz CT molecular complexity index is 412. The normalized spacial score (nSPS) is 30.4. The minimum Gasteiger partial charge on any atom is -0.353 e. The van der Waals surface area contributed by atoms with E-state index < -0.39 is 0 Å². The number of carbonyl (C=O) groups excluding carboxylic acids is 2. The van der Waals surface area contributed by atoms with Gasteiger partial charge in [0.2, 0.25) is 11.8 Å². The van der Waals surface area contributed by atoms with Crippen molar-refractivity contribution in [2.24, 2.45) is 17.6 Å². The molecular formula is C17H31N3O2. The van der Waals surface area contributed by atoms with Gasteiger partial charge in [0.1, 0.15) is 0 Å². The molecule has 0 aromatic heterocycles. The molecule has 1 saturated heterocycles. The monoisotopic (exact) mass is 309 g/mol. The topological polar surface area (TPSA) is 75.4 Å². The van der Waals surface area contributed by atoms with Crippen LogP contribution in [-0.2, 0) is 9.59 Å². The fraction of sp³-hybridized carbons (Fsp3) is 0.882. The van der Waals surface area contributed by atoms with Crippen LogP contribution in [0.15, 0.2) is 0 Å². The van der Waals surface area contributed by atoms with Crippen LogP contribution >= 0.6 is 0 Å². The maximum Gasteiger partial charge on any atom is 0.227 e. The van der Waals surface area contributed by atoms with E-state index in [1.807, 2.05) is 25.7 Å². The highest BCUT2D eigenvalue weighted by atomic mass is 16.2. The van der Waals surface area contributed by atoms with E-state index in [0.717, 1.165) is 51.6 Å². The SMILES string of the molecule is CC(C)C(=O)NC1CCN(C(=O)C2CCCCC2(C)N)CC1. The molecule has 1 heterocycles. The maximum atomic E-state index is 12.8. The predicted octanol–water partition coefficient (Wildman–Crippen LogP) is 1.66. The van der Waals surface area contributed by atoms with Crippen LogP contribution in [0.3, 0.4) is 0 Å². The zero-order valence-electron chi connectivity index (χ0n) is 14.2. The maximum absolute atomic E-state index is 12.8. The Labute approximate surface area is 134 Å². The van der Waals surface area contributed by atoms with Crippen molar-refractivity contribution in [3.05, 3.63) is 0 Å². The van der Waals surface area contributed by atoms with Crippen molar-refractivity contribution in [3.8, 4) is 0 Å². The lowest BCUT2D eigenvalue weighted by molar-refractivity contribution is -0.140. The van der Waals surface area contributed by atoms with E-state index in [4.69, 9.17) is 5.73 Å². The number of nitrogens with zero attached hydrogens (tertiary/aromatic N) is 1. The summed E-state index contributed by atoms with van der Waals surface area (Å²) in [5.41, 5.74) is 5.99. The second kappa shape index (κ2) is 6.99. The van der Waals surface area contributed by atoms with Crippen molar-refractivity contribution >= 4 is 11.8 Å². The molecule has 0 aromatic rings. The van der Waals surface area contributed by atoms with Gasteiger partial charge in [-0.15, -0.1) is 0 Å². The van der Waals surface area contributed by atoms with Gasteiger partial charge in [0, 0.05) is 30.6 Å². The van der Waals surface area contributed by atoms with Crippen molar-refractivity contribution in [3.63, 3.8) is 0 Å². The molecule has 22 heavy (non-hydrogen) atoms. The molecular weight excluding hydrogens is 278 g/mol. The summed E-state index contributed by atoms with van der Waals surface area (Å²) in [5, 5.41) is 3.07. The number of hydrogen-bond acceptors (Lipinski definition) is 3. The van der Waals surface area contributed by atoms with Gasteiger partial charge in [0.15, 0.2) is 0 Å². The molecule has 0 radical (unpaired) electrons. The number of nitrogens with two attached hydrogens (primary N) is 1. The van der Waals surface area contributed by atoms with Crippen molar-refractivity contribution in [2.75, 3.05) is 13.1 Å². The molecule has 0 bridgehead atoms. The number of amides is 2. The van der Waals surface area contributed by atoms with E-state index in [1.165, 1.54) is 0 Å². The van der Waals surface area contributed by atoms with Crippen molar-refractivity contribution in [1.29, 1.82) is 0 Å². The third-order valence-corrected chi connectivity index (χ3v) is 5.23. The minimum atomic E-state index is -0.363. The molecule has 5 nitrogen and oxygen atoms in total. The Morgan fingerprint density at radius 1 is 1.18 bits per heavy atom. The summed E-state index contributed by atoms with van der Waals surface area (Å²) >= 11 is 0. The highest BCUT2D eigenvalue weighted by Gasteiger charge is 2.40. The van der Waals surface area contributed by atoms with Crippen LogP contribution in [0.1, 0.15) is 59.3 Å². The molecule has 1 saturated carbocycles. The first kappa shape index (κ1) is 17.3. The molecule has 2 unspecified atom stereocenters. The van der Waals surface area contributed by atoms with Gasteiger partial charge in [-0.05, 0) is 32.6 Å². The van der Waals surface area contributed by atoms with Crippen LogP contribution in [0.25, 0.3) is 0 Å². The number of carbonyl (C=O) groups is 2. The lowest BCUT2D eigenvalue weighted by Crippen LogP contribution is -2.56. The largest absolute Gasteiger partial charge is 0.353 e. The van der Waals surface area contributed by atoms with Gasteiger partial charge >= 0.3 is 0 Å². The number of likely N-dealkylation sites (tertiary alicyclic amines) is 1. The smallest absolute Gasteiger partial charge is 0.227 e. The molecule has 1 aliphatic carbocycles. The second-order valence-corrected chi connectivity index (χ2v) is 7.57. The Balaban J connectivity index is 1.86. The number of hydrogen-bond donors (Lipinski definition) is 2. The van der Waals surface area contributed by atoms with Gasteiger partial charge in [-0.25, -0.2) is 0 Å². The summed E-state index contributed by atoms with van der Waals surface area (Å²) < 4.78 is 0. The quantitative estimate of drug-likeness (QED) is 0.832. The average Bonchev–Trinajstić information content (AvgIpc) is 2.46. The Hall–Kier alpha value is -1.10. The molecule has 0 spiro atoms. The first-order valence-electron chi connectivity index (χ1n) is 8.69. The van der Waals surface area contributed by atoms with Crippen LogP contribution in [0.4, 0.5) is 0 Å². The molecule has 126 valence electrons. The molecule has 3 N–H and O–H groups in total. The van der Waals surface area contributed by atoms with Crippen molar-refractivity contribution in [1.82, 2.24) is 10.2 Å². The third kappa shape index (κ3) is 4.00. The van der Waals surface area contributed by atoms with E-state index >= 15 is 0 Å². The first-order chi connectivity index (χ1) is 10.3. The average molecular weight is 309 g/mol. The van der Waals surface area contributed by atoms with Gasteiger partial charge in [0.25, 0.3) is 0 Å². The second-order valence-electron chi connectivity index (χ2n) is 7.57. The Kier molecular flexibility index (Phi) is 5.48. The van der Waals surface area contributed by atoms with E-state index in [9.17, 15) is 9.59 Å². The summed E-state index contributed by atoms with van der Waals surface area (Å²) in [4.78, 5) is 26.5. The van der Waals surface area contributed by atoms with E-state index in [1.54, 1.807) is 0 Å². The number of piperidine rings is 1. The Morgan fingerprint density at radius 3 is 2.36 bits per heavy atom. The zero-order chi connectivity index (χ0) is 16.3. The van der Waals surface area contributed by atoms with E-state index in [0.29, 0.717) is 0 Å². The molecule has 1 aliphatic heterocycles. The standard InChI is InChI=1S/C17H31N3O2/c1-12(2)15(21)19-13-7-10-20(11-8-13)16(22)14-6-4-5-9-17(14,3)18/h12-14H,4-11,18H2,1-3H3,(H,19,21). The molecule has 5 heteroatoms. The van der Waals surface area contributed by atoms with Gasteiger partial charge in [-0.3, -0.25) is 9.59 Å². The van der Waals surface area contributed by atoms with Crippen LogP contribution in [0, 0.1) is 11.8 Å². The van der Waals surface area contributed by atoms with Gasteiger partial charge in [0.05, 0.1) is 5.92 Å². The van der Waals surface area contributed by atoms with Crippen molar-refractivity contribution in [2.45, 2.75) is 70.9 Å². The summed E-state index contributed by atoms with van der Waals surface area (Å²) in [6.45, 7) is 7.28. The summed E-state index contributed by atoms with van der Waals surface area (Å²) in [6.07, 6.45) is 5.76. The minimum absolute atomic E-state index is 0.0137. The molecule has 0 aromatic carbocycles. The number of nitrogens with one attached hydrogen (secondary N) is 1. The summed E-state index contributed by atoms with van der Waals surface area (Å²) in [6, 6.07) is 0.203. The lowest BCUT2D eigenvalue weighted by Gasteiger charge is -2.42. The molecule has 2 aliphatic rings. The van der Waals surface area contributed by atoms with Crippen LogP contribution in [0.5, 0.6) is 0 Å². The van der Waals surface area contributed by atoms with Gasteiger partial charge in [-0.2, -0.15) is 0 Å². The Morgan fingerprint density at radius 2 is 1.82 bits per heavy atom. The third-order valence-electron chi connectivity index (χ3n) is 5.23. The van der Waals surface area contributed by atoms with E-state index in [-0.39, 0.29) is 35.2 Å². The zero-order valence-corrected chi connectivity index (χ0v) is 14.2. The fourth-order valence-corrected chi connectivity index (χ4v) is 3.60. The van der Waals surface area contributed by atoms with Crippen LogP contribution in [0.2, 0.25) is 0 Å². The molecule has 2 fully saturated rings. The first-order valence-corrected chi connectivity index (χ1v) is 8.69. The van der Waals surface area contributed by atoms with Gasteiger partial charge in [-0.1, -0.05) is 26.7 Å². The highest BCUT2D eigenvalue weighted by Crippen LogP contribution is 2.33. The van der Waals surface area contributed by atoms with Crippen LogP contribution in [-0.4, -0.2) is 41.4 Å². The van der Waals surface area contributed by atoms with Gasteiger partial charge < -0.3 is 16.0 Å². The fourth-order valence-electron chi connectivity index (χ4n) is 3.60.